The lowest BCUT2D eigenvalue weighted by Gasteiger charge is -2.34. The first-order chi connectivity index (χ1) is 10.7. The number of aliphatic imine (C=N–C) groups is 1. The minimum atomic E-state index is 0.0842. The third kappa shape index (κ3) is 5.01. The van der Waals surface area contributed by atoms with Gasteiger partial charge in [0.1, 0.15) is 11.9 Å². The van der Waals surface area contributed by atoms with Crippen molar-refractivity contribution in [2.45, 2.75) is 25.9 Å². The Morgan fingerprint density at radius 3 is 2.77 bits per heavy atom. The second kappa shape index (κ2) is 9.19. The Kier molecular flexibility index (Phi) is 7.24. The zero-order valence-electron chi connectivity index (χ0n) is 13.0. The molecule has 0 amide bonds. The Labute approximate surface area is 145 Å². The molecule has 0 spiro atoms. The maximum absolute atomic E-state index is 8.94. The molecule has 0 radical (unpaired) electrons. The van der Waals surface area contributed by atoms with E-state index in [0.717, 1.165) is 47.8 Å². The topological polar surface area (TPSA) is 57.1 Å². The van der Waals surface area contributed by atoms with E-state index >= 15 is 0 Å². The van der Waals surface area contributed by atoms with Crippen LogP contribution >= 0.6 is 22.6 Å². The molecule has 0 saturated carbocycles. The monoisotopic (exact) mass is 417 g/mol. The summed E-state index contributed by atoms with van der Waals surface area (Å²) in [5, 5.41) is 12.2. The molecule has 1 aromatic rings. The average molecular weight is 417 g/mol. The summed E-state index contributed by atoms with van der Waals surface area (Å²) in [6.45, 7) is 5.27. The predicted molar refractivity (Wildman–Crippen MR) is 97.4 cm³/mol. The van der Waals surface area contributed by atoms with Gasteiger partial charge in [-0.15, -0.1) is 0 Å². The molecule has 122 valence electrons. The van der Waals surface area contributed by atoms with Crippen molar-refractivity contribution in [2.24, 2.45) is 4.99 Å². The molecule has 1 aromatic carbocycles. The zero-order chi connectivity index (χ0) is 15.8. The first-order valence-corrected chi connectivity index (χ1v) is 8.87. The fourth-order valence-electron chi connectivity index (χ4n) is 2.49. The number of piperidine rings is 1. The summed E-state index contributed by atoms with van der Waals surface area (Å²) in [6, 6.07) is 8.13. The van der Waals surface area contributed by atoms with Crippen LogP contribution in [-0.4, -0.2) is 54.9 Å². The lowest BCUT2D eigenvalue weighted by molar-refractivity contribution is 0.128. The number of aliphatic hydroxyl groups excluding tert-OH is 1. The number of halogens is 1. The highest BCUT2D eigenvalue weighted by Gasteiger charge is 2.23. The van der Waals surface area contributed by atoms with Crippen molar-refractivity contribution in [2.75, 3.05) is 32.8 Å². The van der Waals surface area contributed by atoms with E-state index in [4.69, 9.17) is 9.84 Å². The number of rotatable bonds is 5. The molecule has 6 heteroatoms. The summed E-state index contributed by atoms with van der Waals surface area (Å²) < 4.78 is 7.27. The Morgan fingerprint density at radius 1 is 1.41 bits per heavy atom. The summed E-state index contributed by atoms with van der Waals surface area (Å²) >= 11 is 2.31. The van der Waals surface area contributed by atoms with Crippen molar-refractivity contribution < 1.29 is 9.84 Å². The van der Waals surface area contributed by atoms with Crippen LogP contribution in [0.15, 0.2) is 29.3 Å². The first kappa shape index (κ1) is 17.3. The number of guanidine groups is 1. The van der Waals surface area contributed by atoms with Crippen LogP contribution < -0.4 is 10.1 Å². The van der Waals surface area contributed by atoms with E-state index in [0.29, 0.717) is 6.54 Å². The number of hydrogen-bond donors (Lipinski definition) is 2. The molecule has 1 saturated heterocycles. The minimum Gasteiger partial charge on any atom is -0.489 e. The number of likely N-dealkylation sites (tertiary alicyclic amines) is 1. The lowest BCUT2D eigenvalue weighted by atomic mass is 10.1. The van der Waals surface area contributed by atoms with E-state index in [9.17, 15) is 0 Å². The smallest absolute Gasteiger partial charge is 0.193 e. The third-order valence-electron chi connectivity index (χ3n) is 3.57. The highest BCUT2D eigenvalue weighted by Crippen LogP contribution is 2.24. The normalized spacial score (nSPS) is 16.7. The summed E-state index contributed by atoms with van der Waals surface area (Å²) in [5.74, 6) is 1.87. The van der Waals surface area contributed by atoms with Gasteiger partial charge in [0.15, 0.2) is 5.96 Å². The number of hydrogen-bond acceptors (Lipinski definition) is 3. The number of aliphatic hydroxyl groups is 1. The van der Waals surface area contributed by atoms with Crippen LogP contribution in [0.2, 0.25) is 0 Å². The van der Waals surface area contributed by atoms with E-state index in [1.165, 1.54) is 0 Å². The fourth-order valence-corrected chi connectivity index (χ4v) is 3.00. The molecule has 22 heavy (non-hydrogen) atoms. The van der Waals surface area contributed by atoms with Gasteiger partial charge in [-0.25, -0.2) is 0 Å². The summed E-state index contributed by atoms with van der Waals surface area (Å²) in [6.07, 6.45) is 2.22. The first-order valence-electron chi connectivity index (χ1n) is 7.80. The summed E-state index contributed by atoms with van der Waals surface area (Å²) in [4.78, 5) is 6.66. The van der Waals surface area contributed by atoms with Crippen molar-refractivity contribution >= 4 is 28.6 Å². The van der Waals surface area contributed by atoms with Gasteiger partial charge in [-0.2, -0.15) is 0 Å². The molecule has 1 heterocycles. The molecule has 0 unspecified atom stereocenters. The van der Waals surface area contributed by atoms with Crippen molar-refractivity contribution in [1.82, 2.24) is 10.2 Å². The Balaban J connectivity index is 1.88. The molecule has 0 aromatic heterocycles. The second-order valence-electron chi connectivity index (χ2n) is 5.19. The Bertz CT molecular complexity index is 488. The largest absolute Gasteiger partial charge is 0.489 e. The molecule has 1 aliphatic heterocycles. The van der Waals surface area contributed by atoms with Gasteiger partial charge in [0, 0.05) is 32.5 Å². The highest BCUT2D eigenvalue weighted by molar-refractivity contribution is 14.1. The van der Waals surface area contributed by atoms with Gasteiger partial charge in [0.05, 0.1) is 16.7 Å². The number of para-hydroxylation sites is 1. The van der Waals surface area contributed by atoms with Gasteiger partial charge in [-0.05, 0) is 41.6 Å². The van der Waals surface area contributed by atoms with Gasteiger partial charge >= 0.3 is 0 Å². The predicted octanol–water partition coefficient (Wildman–Crippen LogP) is 2.09. The van der Waals surface area contributed by atoms with Crippen LogP contribution in [0.3, 0.4) is 0 Å². The summed E-state index contributed by atoms with van der Waals surface area (Å²) in [7, 11) is 0. The fraction of sp³-hybridized carbons (Fsp3) is 0.562. The van der Waals surface area contributed by atoms with E-state index in [2.05, 4.69) is 50.8 Å². The minimum absolute atomic E-state index is 0.0842. The lowest BCUT2D eigenvalue weighted by Crippen LogP contribution is -2.47. The molecule has 1 fully saturated rings. The summed E-state index contributed by atoms with van der Waals surface area (Å²) in [5.41, 5.74) is 0. The van der Waals surface area contributed by atoms with Crippen molar-refractivity contribution in [3.63, 3.8) is 0 Å². The maximum atomic E-state index is 8.94. The number of ether oxygens (including phenoxy) is 1. The zero-order valence-corrected chi connectivity index (χ0v) is 15.1. The van der Waals surface area contributed by atoms with Crippen LogP contribution in [0.5, 0.6) is 5.75 Å². The van der Waals surface area contributed by atoms with Gasteiger partial charge in [-0.1, -0.05) is 12.1 Å². The van der Waals surface area contributed by atoms with Gasteiger partial charge in [-0.3, -0.25) is 4.99 Å². The molecular formula is C16H24IN3O2. The molecule has 1 aliphatic rings. The van der Waals surface area contributed by atoms with Crippen LogP contribution in [0.25, 0.3) is 0 Å². The quantitative estimate of drug-likeness (QED) is 0.438. The molecule has 2 rings (SSSR count). The second-order valence-corrected chi connectivity index (χ2v) is 6.36. The van der Waals surface area contributed by atoms with Crippen LogP contribution in [-0.2, 0) is 0 Å². The van der Waals surface area contributed by atoms with E-state index in [-0.39, 0.29) is 12.7 Å². The van der Waals surface area contributed by atoms with Gasteiger partial charge in [0.25, 0.3) is 0 Å². The molecule has 0 aliphatic carbocycles. The third-order valence-corrected chi connectivity index (χ3v) is 4.46. The van der Waals surface area contributed by atoms with Crippen molar-refractivity contribution in [3.8, 4) is 5.75 Å². The SMILES string of the molecule is CCNC(=NCCO)N1CCC(Oc2ccccc2I)CC1. The van der Waals surface area contributed by atoms with Crippen molar-refractivity contribution in [3.05, 3.63) is 27.8 Å². The van der Waals surface area contributed by atoms with Crippen LogP contribution in [0.1, 0.15) is 19.8 Å². The van der Waals surface area contributed by atoms with E-state index < -0.39 is 0 Å². The van der Waals surface area contributed by atoms with Crippen LogP contribution in [0.4, 0.5) is 0 Å². The van der Waals surface area contributed by atoms with Crippen LogP contribution in [0, 0.1) is 3.57 Å². The number of nitrogens with zero attached hydrogens (tertiary/aromatic N) is 2. The van der Waals surface area contributed by atoms with Crippen molar-refractivity contribution in [1.29, 1.82) is 0 Å². The molecule has 5 nitrogen and oxygen atoms in total. The van der Waals surface area contributed by atoms with E-state index in [1.807, 2.05) is 18.2 Å². The molecular weight excluding hydrogens is 393 g/mol. The molecule has 0 atom stereocenters. The standard InChI is InChI=1S/C16H24IN3O2/c1-2-18-16(19-9-12-21)20-10-7-13(8-11-20)22-15-6-4-3-5-14(15)17/h3-6,13,21H,2,7-12H2,1H3,(H,18,19). The highest BCUT2D eigenvalue weighted by atomic mass is 127. The average Bonchev–Trinajstić information content (AvgIpc) is 2.54. The van der Waals surface area contributed by atoms with E-state index in [1.54, 1.807) is 0 Å². The number of nitrogens with one attached hydrogen (secondary N) is 1. The maximum Gasteiger partial charge on any atom is 0.193 e. The molecule has 2 N–H and O–H groups in total. The number of benzene rings is 1. The Morgan fingerprint density at radius 2 is 2.14 bits per heavy atom. The Hall–Kier alpha value is -1.02. The van der Waals surface area contributed by atoms with Gasteiger partial charge in [0.2, 0.25) is 0 Å². The molecule has 0 bridgehead atoms. The van der Waals surface area contributed by atoms with Gasteiger partial charge < -0.3 is 20.1 Å².